The lowest BCUT2D eigenvalue weighted by Gasteiger charge is -2.41. The Balaban J connectivity index is 1.28. The van der Waals surface area contributed by atoms with Crippen LogP contribution in [-0.2, 0) is 27.1 Å². The number of thiazole rings is 1. The standard InChI is InChI=1S/C25H23F5N6O3S/c1-13-8-21(25(28,29)30)32-34(13)11-22(38)35-7-6-15(10-36(35)14(2)37)24-31-19(12-40-24)18-9-20(39-33-18)23-16(26)4-3-5-17(23)27/h3-5,8-9,12,15,20,33H,6-7,10-11H2,1-2H3. The summed E-state index contributed by atoms with van der Waals surface area (Å²) in [4.78, 5) is 35.4. The van der Waals surface area contributed by atoms with Crippen molar-refractivity contribution in [1.29, 1.82) is 0 Å². The maximum absolute atomic E-state index is 14.2. The molecule has 2 atom stereocenters. The number of hydroxylamine groups is 1. The number of hydrazine groups is 1. The second-order valence-corrected chi connectivity index (χ2v) is 10.2. The van der Waals surface area contributed by atoms with Gasteiger partial charge in [-0.15, -0.1) is 11.3 Å². The number of halogens is 5. The summed E-state index contributed by atoms with van der Waals surface area (Å²) in [5.74, 6) is -2.68. The first kappa shape index (κ1) is 27.7. The molecule has 2 amide bonds. The topological polar surface area (TPSA) is 92.6 Å². The molecule has 40 heavy (non-hydrogen) atoms. The van der Waals surface area contributed by atoms with E-state index in [4.69, 9.17) is 4.84 Å². The Labute approximate surface area is 228 Å². The molecule has 1 saturated heterocycles. The van der Waals surface area contributed by atoms with Gasteiger partial charge in [-0.05, 0) is 37.6 Å². The van der Waals surface area contributed by atoms with Crippen LogP contribution >= 0.6 is 11.3 Å². The predicted molar refractivity (Wildman–Crippen MR) is 132 cm³/mol. The molecular formula is C25H23F5N6O3S. The van der Waals surface area contributed by atoms with Gasteiger partial charge in [0.1, 0.15) is 24.3 Å². The molecule has 5 rings (SSSR count). The van der Waals surface area contributed by atoms with E-state index in [-0.39, 0.29) is 30.3 Å². The average Bonchev–Trinajstić information content (AvgIpc) is 3.64. The molecule has 2 aliphatic heterocycles. The number of hydrogen-bond donors (Lipinski definition) is 1. The Kier molecular flexibility index (Phi) is 7.35. The summed E-state index contributed by atoms with van der Waals surface area (Å²) < 4.78 is 68.3. The van der Waals surface area contributed by atoms with Gasteiger partial charge >= 0.3 is 6.18 Å². The van der Waals surface area contributed by atoms with E-state index in [9.17, 15) is 31.5 Å². The zero-order valence-electron chi connectivity index (χ0n) is 21.2. The Hall–Kier alpha value is -3.85. The number of aryl methyl sites for hydroxylation is 1. The molecule has 2 aromatic heterocycles. The number of rotatable bonds is 5. The van der Waals surface area contributed by atoms with Gasteiger partial charge in [0.2, 0.25) is 5.91 Å². The van der Waals surface area contributed by atoms with Gasteiger partial charge in [0.25, 0.3) is 5.91 Å². The van der Waals surface area contributed by atoms with Crippen LogP contribution < -0.4 is 5.48 Å². The van der Waals surface area contributed by atoms with Crippen molar-refractivity contribution in [1.82, 2.24) is 30.3 Å². The van der Waals surface area contributed by atoms with Gasteiger partial charge in [0.05, 0.1) is 28.5 Å². The smallest absolute Gasteiger partial charge is 0.273 e. The van der Waals surface area contributed by atoms with Crippen LogP contribution in [0.1, 0.15) is 53.0 Å². The molecule has 1 N–H and O–H groups in total. The minimum absolute atomic E-state index is 0.131. The van der Waals surface area contributed by atoms with Crippen LogP contribution in [-0.4, -0.2) is 49.7 Å². The van der Waals surface area contributed by atoms with Crippen molar-refractivity contribution in [3.63, 3.8) is 0 Å². The summed E-state index contributed by atoms with van der Waals surface area (Å²) in [7, 11) is 0. The molecule has 3 aromatic rings. The number of nitrogens with zero attached hydrogens (tertiary/aromatic N) is 5. The largest absolute Gasteiger partial charge is 0.435 e. The Morgan fingerprint density at radius 2 is 1.93 bits per heavy atom. The predicted octanol–water partition coefficient (Wildman–Crippen LogP) is 4.34. The van der Waals surface area contributed by atoms with Gasteiger partial charge < -0.3 is 0 Å². The highest BCUT2D eigenvalue weighted by Gasteiger charge is 2.37. The summed E-state index contributed by atoms with van der Waals surface area (Å²) in [6, 6.07) is 4.40. The zero-order valence-corrected chi connectivity index (χ0v) is 22.0. The number of benzene rings is 1. The lowest BCUT2D eigenvalue weighted by atomic mass is 10.0. The third-order valence-electron chi connectivity index (χ3n) is 6.63. The fourth-order valence-electron chi connectivity index (χ4n) is 4.58. The van der Waals surface area contributed by atoms with E-state index in [2.05, 4.69) is 15.6 Å². The van der Waals surface area contributed by atoms with Gasteiger partial charge in [-0.3, -0.25) is 29.6 Å². The molecular weight excluding hydrogens is 559 g/mol. The highest BCUT2D eigenvalue weighted by atomic mass is 32.1. The van der Waals surface area contributed by atoms with Crippen LogP contribution in [0.25, 0.3) is 5.70 Å². The lowest BCUT2D eigenvalue weighted by Crippen LogP contribution is -2.55. The molecule has 1 aromatic carbocycles. The van der Waals surface area contributed by atoms with Crippen LogP contribution in [0.5, 0.6) is 0 Å². The van der Waals surface area contributed by atoms with Crippen molar-refractivity contribution in [2.45, 2.75) is 45.0 Å². The van der Waals surface area contributed by atoms with Crippen molar-refractivity contribution >= 4 is 28.8 Å². The van der Waals surface area contributed by atoms with Crippen molar-refractivity contribution in [2.75, 3.05) is 13.1 Å². The molecule has 212 valence electrons. The molecule has 4 heterocycles. The molecule has 0 spiro atoms. The maximum atomic E-state index is 14.2. The minimum atomic E-state index is -4.64. The quantitative estimate of drug-likeness (QED) is 0.450. The molecule has 9 nitrogen and oxygen atoms in total. The number of carbonyl (C=O) groups is 2. The third kappa shape index (κ3) is 5.43. The average molecular weight is 583 g/mol. The fourth-order valence-corrected chi connectivity index (χ4v) is 5.53. The number of amides is 2. The lowest BCUT2D eigenvalue weighted by molar-refractivity contribution is -0.168. The summed E-state index contributed by atoms with van der Waals surface area (Å²) in [5.41, 5.74) is 2.42. The third-order valence-corrected chi connectivity index (χ3v) is 7.63. The van der Waals surface area contributed by atoms with Crippen molar-refractivity contribution in [2.24, 2.45) is 0 Å². The van der Waals surface area contributed by atoms with Gasteiger partial charge in [0.15, 0.2) is 5.69 Å². The summed E-state index contributed by atoms with van der Waals surface area (Å²) in [5, 5.41) is 8.39. The monoisotopic (exact) mass is 582 g/mol. The van der Waals surface area contributed by atoms with E-state index in [1.807, 2.05) is 0 Å². The number of carbonyl (C=O) groups excluding carboxylic acids is 2. The van der Waals surface area contributed by atoms with Crippen molar-refractivity contribution in [3.8, 4) is 0 Å². The number of aromatic nitrogens is 3. The van der Waals surface area contributed by atoms with E-state index in [1.165, 1.54) is 47.3 Å². The summed E-state index contributed by atoms with van der Waals surface area (Å²) in [6.07, 6.45) is -3.67. The van der Waals surface area contributed by atoms with Crippen LogP contribution in [0.15, 0.2) is 35.7 Å². The minimum Gasteiger partial charge on any atom is -0.273 e. The highest BCUT2D eigenvalue weighted by molar-refractivity contribution is 7.09. The molecule has 2 unspecified atom stereocenters. The van der Waals surface area contributed by atoms with Crippen LogP contribution in [0.2, 0.25) is 0 Å². The Morgan fingerprint density at radius 3 is 2.58 bits per heavy atom. The van der Waals surface area contributed by atoms with Crippen molar-refractivity contribution < 1.29 is 36.4 Å². The van der Waals surface area contributed by atoms with Crippen molar-refractivity contribution in [3.05, 3.63) is 75.0 Å². The van der Waals surface area contributed by atoms with Gasteiger partial charge in [-0.2, -0.15) is 18.3 Å². The van der Waals surface area contributed by atoms with E-state index >= 15 is 0 Å². The van der Waals surface area contributed by atoms with E-state index < -0.39 is 48.0 Å². The highest BCUT2D eigenvalue weighted by Crippen LogP contribution is 2.35. The van der Waals surface area contributed by atoms with E-state index in [1.54, 1.807) is 5.38 Å². The number of nitrogens with one attached hydrogen (secondary N) is 1. The summed E-state index contributed by atoms with van der Waals surface area (Å²) in [6.45, 7) is 2.53. The molecule has 2 aliphatic rings. The fraction of sp³-hybridized carbons (Fsp3) is 0.360. The van der Waals surface area contributed by atoms with Gasteiger partial charge in [-0.25, -0.2) is 18.8 Å². The normalized spacial score (nSPS) is 19.5. The van der Waals surface area contributed by atoms with Gasteiger partial charge in [-0.1, -0.05) is 6.07 Å². The first-order valence-electron chi connectivity index (χ1n) is 12.2. The first-order chi connectivity index (χ1) is 18.9. The van der Waals surface area contributed by atoms with E-state index in [0.717, 1.165) is 22.9 Å². The van der Waals surface area contributed by atoms with Gasteiger partial charge in [0, 0.05) is 30.5 Å². The molecule has 0 saturated carbocycles. The zero-order chi connectivity index (χ0) is 28.8. The Morgan fingerprint density at radius 1 is 1.20 bits per heavy atom. The number of hydrogen-bond acceptors (Lipinski definition) is 7. The second kappa shape index (κ2) is 10.6. The number of alkyl halides is 3. The molecule has 1 fully saturated rings. The SMILES string of the molecule is CC(=O)N1CC(c2nc(C3=CC(c4c(F)cccc4F)ON3)cs2)CCN1C(=O)Cn1nc(C(F)(F)F)cc1C. The molecule has 0 aliphatic carbocycles. The van der Waals surface area contributed by atoms with Crippen LogP contribution in [0, 0.1) is 18.6 Å². The molecule has 0 radical (unpaired) electrons. The Bertz CT molecular complexity index is 1470. The molecule has 15 heteroatoms. The summed E-state index contributed by atoms with van der Waals surface area (Å²) >= 11 is 1.32. The molecule has 0 bridgehead atoms. The van der Waals surface area contributed by atoms with Crippen LogP contribution in [0.3, 0.4) is 0 Å². The first-order valence-corrected chi connectivity index (χ1v) is 13.0. The second-order valence-electron chi connectivity index (χ2n) is 9.36. The van der Waals surface area contributed by atoms with E-state index in [0.29, 0.717) is 22.8 Å². The maximum Gasteiger partial charge on any atom is 0.435 e. The van der Waals surface area contributed by atoms with Crippen LogP contribution in [0.4, 0.5) is 22.0 Å².